The van der Waals surface area contributed by atoms with Crippen LogP contribution in [0.1, 0.15) is 33.6 Å². The van der Waals surface area contributed by atoms with E-state index < -0.39 is 0 Å². The normalized spacial score (nSPS) is 14.2. The Labute approximate surface area is 77.1 Å². The minimum absolute atomic E-state index is 0.678. The lowest BCUT2D eigenvalue weighted by Crippen LogP contribution is -2.35. The van der Waals surface area contributed by atoms with Gasteiger partial charge in [0.25, 0.3) is 0 Å². The second-order valence-corrected chi connectivity index (χ2v) is 3.97. The summed E-state index contributed by atoms with van der Waals surface area (Å²) in [5.41, 5.74) is 5.55. The van der Waals surface area contributed by atoms with Gasteiger partial charge >= 0.3 is 0 Å². The second kappa shape index (κ2) is 6.44. The highest BCUT2D eigenvalue weighted by atomic mass is 15.1. The Kier molecular flexibility index (Phi) is 6.39. The van der Waals surface area contributed by atoms with Gasteiger partial charge in [-0.05, 0) is 32.4 Å². The number of nitrogens with two attached hydrogens (primary N) is 1. The highest BCUT2D eigenvalue weighted by Crippen LogP contribution is 2.07. The van der Waals surface area contributed by atoms with Crippen LogP contribution in [0, 0.1) is 5.92 Å². The van der Waals surface area contributed by atoms with Crippen molar-refractivity contribution in [2.24, 2.45) is 11.7 Å². The molecule has 0 amide bonds. The van der Waals surface area contributed by atoms with Crippen LogP contribution in [0.15, 0.2) is 0 Å². The molecule has 0 saturated heterocycles. The Morgan fingerprint density at radius 3 is 2.25 bits per heavy atom. The molecular formula is C10H24N2. The van der Waals surface area contributed by atoms with Crippen molar-refractivity contribution in [3.8, 4) is 0 Å². The molecule has 2 heteroatoms. The molecule has 0 spiro atoms. The molecule has 0 aliphatic heterocycles. The zero-order chi connectivity index (χ0) is 9.56. The molecule has 0 aromatic carbocycles. The van der Waals surface area contributed by atoms with Crippen molar-refractivity contribution in [1.82, 2.24) is 4.90 Å². The van der Waals surface area contributed by atoms with Crippen molar-refractivity contribution in [1.29, 1.82) is 0 Å². The summed E-state index contributed by atoms with van der Waals surface area (Å²) in [6.45, 7) is 8.73. The number of rotatable bonds is 6. The molecule has 2 N–H and O–H groups in total. The summed E-state index contributed by atoms with van der Waals surface area (Å²) in [6.07, 6.45) is 2.33. The van der Waals surface area contributed by atoms with Crippen LogP contribution in [0.3, 0.4) is 0 Å². The quantitative estimate of drug-likeness (QED) is 0.661. The Morgan fingerprint density at radius 1 is 1.33 bits per heavy atom. The smallest absolute Gasteiger partial charge is 0.0102 e. The van der Waals surface area contributed by atoms with Gasteiger partial charge in [-0.2, -0.15) is 0 Å². The number of hydrogen-bond donors (Lipinski definition) is 1. The lowest BCUT2D eigenvalue weighted by Gasteiger charge is -2.28. The van der Waals surface area contributed by atoms with E-state index in [9.17, 15) is 0 Å². The van der Waals surface area contributed by atoms with E-state index in [2.05, 4.69) is 32.7 Å². The molecule has 0 radical (unpaired) electrons. The van der Waals surface area contributed by atoms with Gasteiger partial charge in [-0.3, -0.25) is 0 Å². The van der Waals surface area contributed by atoms with Crippen LogP contribution >= 0.6 is 0 Å². The molecule has 0 heterocycles. The molecule has 0 aliphatic rings. The highest BCUT2D eigenvalue weighted by Gasteiger charge is 2.11. The first-order valence-electron chi connectivity index (χ1n) is 5.02. The standard InChI is InChI=1S/C10H24N2/c1-5-10(6-7-11)12(4)8-9(2)3/h9-10H,5-8,11H2,1-4H3. The van der Waals surface area contributed by atoms with Gasteiger partial charge in [-0.1, -0.05) is 20.8 Å². The molecule has 0 rings (SSSR count). The van der Waals surface area contributed by atoms with Gasteiger partial charge in [0, 0.05) is 12.6 Å². The van der Waals surface area contributed by atoms with Crippen LogP contribution in [0.4, 0.5) is 0 Å². The third kappa shape index (κ3) is 4.73. The van der Waals surface area contributed by atoms with E-state index in [1.54, 1.807) is 0 Å². The van der Waals surface area contributed by atoms with Crippen LogP contribution < -0.4 is 5.73 Å². The molecule has 0 bridgehead atoms. The maximum absolute atomic E-state index is 5.55. The topological polar surface area (TPSA) is 29.3 Å². The molecule has 1 atom stereocenters. The van der Waals surface area contributed by atoms with Crippen molar-refractivity contribution in [2.75, 3.05) is 20.1 Å². The third-order valence-corrected chi connectivity index (χ3v) is 2.25. The zero-order valence-corrected chi connectivity index (χ0v) is 9.01. The summed E-state index contributed by atoms with van der Waals surface area (Å²) in [5.74, 6) is 0.752. The molecule has 12 heavy (non-hydrogen) atoms. The molecule has 0 aromatic heterocycles. The van der Waals surface area contributed by atoms with Gasteiger partial charge in [0.2, 0.25) is 0 Å². The number of nitrogens with zero attached hydrogens (tertiary/aromatic N) is 1. The molecule has 2 nitrogen and oxygen atoms in total. The fourth-order valence-electron chi connectivity index (χ4n) is 1.65. The van der Waals surface area contributed by atoms with Gasteiger partial charge in [0.05, 0.1) is 0 Å². The van der Waals surface area contributed by atoms with Crippen molar-refractivity contribution in [3.63, 3.8) is 0 Å². The van der Waals surface area contributed by atoms with Gasteiger partial charge < -0.3 is 10.6 Å². The number of hydrogen-bond acceptors (Lipinski definition) is 2. The van der Waals surface area contributed by atoms with E-state index >= 15 is 0 Å². The zero-order valence-electron chi connectivity index (χ0n) is 9.01. The summed E-state index contributed by atoms with van der Waals surface area (Å²) in [6, 6.07) is 0.678. The van der Waals surface area contributed by atoms with Crippen LogP contribution in [-0.2, 0) is 0 Å². The average Bonchev–Trinajstić information content (AvgIpc) is 1.98. The van der Waals surface area contributed by atoms with Crippen molar-refractivity contribution >= 4 is 0 Å². The first kappa shape index (κ1) is 11.9. The van der Waals surface area contributed by atoms with E-state index in [0.717, 1.165) is 18.9 Å². The van der Waals surface area contributed by atoms with Crippen LogP contribution in [0.5, 0.6) is 0 Å². The first-order chi connectivity index (χ1) is 5.61. The van der Waals surface area contributed by atoms with E-state index in [4.69, 9.17) is 5.73 Å². The molecular weight excluding hydrogens is 148 g/mol. The van der Waals surface area contributed by atoms with Crippen LogP contribution in [0.2, 0.25) is 0 Å². The minimum Gasteiger partial charge on any atom is -0.330 e. The summed E-state index contributed by atoms with van der Waals surface area (Å²) in [4.78, 5) is 2.43. The first-order valence-corrected chi connectivity index (χ1v) is 5.02. The highest BCUT2D eigenvalue weighted by molar-refractivity contribution is 4.68. The van der Waals surface area contributed by atoms with E-state index in [1.165, 1.54) is 13.0 Å². The lowest BCUT2D eigenvalue weighted by molar-refractivity contribution is 0.204. The van der Waals surface area contributed by atoms with Gasteiger partial charge in [-0.25, -0.2) is 0 Å². The van der Waals surface area contributed by atoms with E-state index in [1.807, 2.05) is 0 Å². The molecule has 0 aromatic rings. The second-order valence-electron chi connectivity index (χ2n) is 3.97. The van der Waals surface area contributed by atoms with Gasteiger partial charge in [0.1, 0.15) is 0 Å². The average molecular weight is 172 g/mol. The molecule has 1 unspecified atom stereocenters. The lowest BCUT2D eigenvalue weighted by atomic mass is 10.1. The third-order valence-electron chi connectivity index (χ3n) is 2.25. The fraction of sp³-hybridized carbons (Fsp3) is 1.00. The largest absolute Gasteiger partial charge is 0.330 e. The van der Waals surface area contributed by atoms with Crippen LogP contribution in [0.25, 0.3) is 0 Å². The van der Waals surface area contributed by atoms with Crippen molar-refractivity contribution < 1.29 is 0 Å². The fourth-order valence-corrected chi connectivity index (χ4v) is 1.65. The molecule has 74 valence electrons. The minimum atomic E-state index is 0.678. The molecule has 0 saturated carbocycles. The molecule has 0 aliphatic carbocycles. The van der Waals surface area contributed by atoms with Crippen molar-refractivity contribution in [3.05, 3.63) is 0 Å². The predicted octanol–water partition coefficient (Wildman–Crippen LogP) is 1.70. The Bertz CT molecular complexity index is 102. The maximum atomic E-state index is 5.55. The van der Waals surface area contributed by atoms with Crippen molar-refractivity contribution in [2.45, 2.75) is 39.7 Å². The Hall–Kier alpha value is -0.0800. The van der Waals surface area contributed by atoms with Gasteiger partial charge in [0.15, 0.2) is 0 Å². The van der Waals surface area contributed by atoms with Crippen LogP contribution in [-0.4, -0.2) is 31.1 Å². The SMILES string of the molecule is CCC(CCN)N(C)CC(C)C. The summed E-state index contributed by atoms with van der Waals surface area (Å²) in [5, 5.41) is 0. The van der Waals surface area contributed by atoms with E-state index in [0.29, 0.717) is 6.04 Å². The molecule has 0 fully saturated rings. The monoisotopic (exact) mass is 172 g/mol. The van der Waals surface area contributed by atoms with Gasteiger partial charge in [-0.15, -0.1) is 0 Å². The Morgan fingerprint density at radius 2 is 1.92 bits per heavy atom. The predicted molar refractivity (Wildman–Crippen MR) is 55.2 cm³/mol. The van der Waals surface area contributed by atoms with E-state index in [-0.39, 0.29) is 0 Å². The summed E-state index contributed by atoms with van der Waals surface area (Å²) in [7, 11) is 2.20. The Balaban J connectivity index is 3.76. The maximum Gasteiger partial charge on any atom is 0.0102 e. The summed E-state index contributed by atoms with van der Waals surface area (Å²) < 4.78 is 0. The summed E-state index contributed by atoms with van der Waals surface area (Å²) >= 11 is 0.